The highest BCUT2D eigenvalue weighted by molar-refractivity contribution is 6.51. The molecule has 6 heteroatoms. The molecule has 2 heterocycles. The van der Waals surface area contributed by atoms with Gasteiger partial charge in [0.2, 0.25) is 0 Å². The third-order valence-electron chi connectivity index (χ3n) is 6.27. The Morgan fingerprint density at radius 2 is 1.75 bits per heavy atom. The number of Topliss-reactive ketones (excluding diaryl/α,β-unsaturated/α-hetero) is 1. The summed E-state index contributed by atoms with van der Waals surface area (Å²) in [4.78, 5) is 32.4. The van der Waals surface area contributed by atoms with Crippen LogP contribution in [0.4, 0.5) is 5.69 Å². The summed E-state index contributed by atoms with van der Waals surface area (Å²) < 4.78 is 5.81. The molecule has 3 aromatic rings. The number of carbonyl (C=O) groups excluding carboxylic acids is 2. The number of aliphatic hydroxyl groups is 1. The maximum Gasteiger partial charge on any atom is 0.300 e. The van der Waals surface area contributed by atoms with Crippen molar-refractivity contribution in [2.45, 2.75) is 59.1 Å². The second-order valence-corrected chi connectivity index (χ2v) is 10.4. The number of hydrogen-bond acceptors (Lipinski definition) is 5. The van der Waals surface area contributed by atoms with E-state index < -0.39 is 17.7 Å². The van der Waals surface area contributed by atoms with Gasteiger partial charge in [-0.2, -0.15) is 0 Å². The van der Waals surface area contributed by atoms with Gasteiger partial charge in [0.15, 0.2) is 0 Å². The first-order valence-corrected chi connectivity index (χ1v) is 12.1. The molecule has 0 saturated carbocycles. The van der Waals surface area contributed by atoms with Crippen molar-refractivity contribution in [2.75, 3.05) is 4.90 Å². The lowest BCUT2D eigenvalue weighted by molar-refractivity contribution is -0.132. The van der Waals surface area contributed by atoms with Gasteiger partial charge in [0, 0.05) is 23.6 Å². The Kier molecular flexibility index (Phi) is 6.72. The van der Waals surface area contributed by atoms with E-state index in [1.54, 1.807) is 42.7 Å². The Morgan fingerprint density at radius 1 is 1.06 bits per heavy atom. The van der Waals surface area contributed by atoms with Crippen LogP contribution >= 0.6 is 0 Å². The van der Waals surface area contributed by atoms with Crippen LogP contribution in [0.3, 0.4) is 0 Å². The number of anilines is 1. The van der Waals surface area contributed by atoms with Crippen molar-refractivity contribution >= 4 is 23.1 Å². The summed E-state index contributed by atoms with van der Waals surface area (Å²) >= 11 is 0. The van der Waals surface area contributed by atoms with Crippen molar-refractivity contribution in [1.29, 1.82) is 0 Å². The minimum absolute atomic E-state index is 0.00345. The van der Waals surface area contributed by atoms with Crippen molar-refractivity contribution in [3.8, 4) is 5.75 Å². The number of pyridine rings is 1. The van der Waals surface area contributed by atoms with Crippen molar-refractivity contribution in [1.82, 2.24) is 4.98 Å². The zero-order valence-electron chi connectivity index (χ0n) is 21.6. The number of ether oxygens (including phenoxy) is 1. The van der Waals surface area contributed by atoms with E-state index in [0.29, 0.717) is 22.6 Å². The zero-order valence-corrected chi connectivity index (χ0v) is 21.6. The number of ketones is 1. The summed E-state index contributed by atoms with van der Waals surface area (Å²) in [6, 6.07) is 15.6. The fourth-order valence-electron chi connectivity index (χ4n) is 4.41. The maximum absolute atomic E-state index is 13.4. The monoisotopic (exact) mass is 484 g/mol. The molecule has 1 atom stereocenters. The number of benzene rings is 2. The Balaban J connectivity index is 1.85. The van der Waals surface area contributed by atoms with Crippen LogP contribution in [-0.2, 0) is 15.0 Å². The molecule has 36 heavy (non-hydrogen) atoms. The van der Waals surface area contributed by atoms with Gasteiger partial charge in [0.1, 0.15) is 11.5 Å². The molecule has 1 unspecified atom stereocenters. The van der Waals surface area contributed by atoms with E-state index in [4.69, 9.17) is 4.74 Å². The minimum Gasteiger partial charge on any atom is -0.507 e. The number of aryl methyl sites for hydroxylation is 1. The van der Waals surface area contributed by atoms with Gasteiger partial charge < -0.3 is 9.84 Å². The van der Waals surface area contributed by atoms with Gasteiger partial charge in [-0.1, -0.05) is 39.0 Å². The Morgan fingerprint density at radius 3 is 2.31 bits per heavy atom. The molecule has 186 valence electrons. The Labute approximate surface area is 212 Å². The largest absolute Gasteiger partial charge is 0.507 e. The fourth-order valence-corrected chi connectivity index (χ4v) is 4.41. The highest BCUT2D eigenvalue weighted by atomic mass is 16.5. The number of aromatic nitrogens is 1. The van der Waals surface area contributed by atoms with Gasteiger partial charge >= 0.3 is 0 Å². The van der Waals surface area contributed by atoms with Crippen molar-refractivity contribution in [3.05, 3.63) is 94.8 Å². The molecule has 1 N–H and O–H groups in total. The predicted molar refractivity (Wildman–Crippen MR) is 141 cm³/mol. The van der Waals surface area contributed by atoms with Gasteiger partial charge in [-0.3, -0.25) is 19.5 Å². The lowest BCUT2D eigenvalue weighted by atomic mass is 9.87. The molecule has 0 bridgehead atoms. The first-order valence-electron chi connectivity index (χ1n) is 12.1. The van der Waals surface area contributed by atoms with E-state index in [9.17, 15) is 14.7 Å². The van der Waals surface area contributed by atoms with E-state index in [-0.39, 0.29) is 22.9 Å². The smallest absolute Gasteiger partial charge is 0.300 e. The second-order valence-electron chi connectivity index (χ2n) is 10.4. The van der Waals surface area contributed by atoms with Crippen molar-refractivity contribution < 1.29 is 19.4 Å². The van der Waals surface area contributed by atoms with Crippen LogP contribution in [0, 0.1) is 6.92 Å². The molecular formula is C30H32N2O4. The third-order valence-corrected chi connectivity index (χ3v) is 6.27. The van der Waals surface area contributed by atoms with E-state index in [0.717, 1.165) is 11.1 Å². The lowest BCUT2D eigenvalue weighted by Crippen LogP contribution is -2.29. The molecular weight excluding hydrogens is 452 g/mol. The number of aliphatic hydroxyl groups excluding tert-OH is 1. The number of amides is 1. The van der Waals surface area contributed by atoms with Crippen LogP contribution < -0.4 is 9.64 Å². The van der Waals surface area contributed by atoms with E-state index >= 15 is 0 Å². The third kappa shape index (κ3) is 4.76. The predicted octanol–water partition coefficient (Wildman–Crippen LogP) is 6.10. The summed E-state index contributed by atoms with van der Waals surface area (Å²) in [5, 5.41) is 11.4. The standard InChI is InChI=1S/C30H32N2O4/c1-18(2)36-24-14-9-20(16-19(24)3)27(33)25-26(21-8-7-15-31-17-21)32(29(35)28(25)34)23-12-10-22(11-13-23)30(4,5)6/h7-18,26,33H,1-6H3/b27-25-. The van der Waals surface area contributed by atoms with Gasteiger partial charge in [-0.05, 0) is 79.3 Å². The first-order chi connectivity index (χ1) is 17.0. The van der Waals surface area contributed by atoms with Gasteiger partial charge in [0.25, 0.3) is 11.7 Å². The van der Waals surface area contributed by atoms with Crippen LogP contribution in [0.5, 0.6) is 5.75 Å². The molecule has 1 saturated heterocycles. The van der Waals surface area contributed by atoms with Crippen LogP contribution in [0.1, 0.15) is 62.9 Å². The second kappa shape index (κ2) is 9.61. The summed E-state index contributed by atoms with van der Waals surface area (Å²) in [5.41, 5.74) is 3.56. The van der Waals surface area contributed by atoms with E-state index in [1.165, 1.54) is 4.90 Å². The highest BCUT2D eigenvalue weighted by Gasteiger charge is 2.47. The summed E-state index contributed by atoms with van der Waals surface area (Å²) in [6.45, 7) is 12.1. The lowest BCUT2D eigenvalue weighted by Gasteiger charge is -2.26. The van der Waals surface area contributed by atoms with Gasteiger partial charge in [-0.15, -0.1) is 0 Å². The molecule has 6 nitrogen and oxygen atoms in total. The molecule has 0 spiro atoms. The van der Waals surface area contributed by atoms with Crippen molar-refractivity contribution in [3.63, 3.8) is 0 Å². The number of hydrogen-bond donors (Lipinski definition) is 1. The quantitative estimate of drug-likeness (QED) is 0.269. The summed E-state index contributed by atoms with van der Waals surface area (Å²) in [6.07, 6.45) is 3.25. The first kappa shape index (κ1) is 25.2. The van der Waals surface area contributed by atoms with Crippen LogP contribution in [0.15, 0.2) is 72.6 Å². The van der Waals surface area contributed by atoms with Gasteiger partial charge in [0.05, 0.1) is 17.7 Å². The van der Waals surface area contributed by atoms with E-state index in [2.05, 4.69) is 25.8 Å². The van der Waals surface area contributed by atoms with Gasteiger partial charge in [-0.25, -0.2) is 0 Å². The Hall–Kier alpha value is -3.93. The molecule has 1 amide bonds. The average Bonchev–Trinajstić information content (AvgIpc) is 3.10. The van der Waals surface area contributed by atoms with Crippen LogP contribution in [-0.4, -0.2) is 27.9 Å². The number of rotatable bonds is 5. The summed E-state index contributed by atoms with van der Waals surface area (Å²) in [7, 11) is 0. The molecule has 1 fully saturated rings. The summed E-state index contributed by atoms with van der Waals surface area (Å²) in [5.74, 6) is -0.952. The maximum atomic E-state index is 13.4. The van der Waals surface area contributed by atoms with E-state index in [1.807, 2.05) is 45.0 Å². The zero-order chi connectivity index (χ0) is 26.2. The SMILES string of the molecule is Cc1cc(/C(O)=C2/C(=O)C(=O)N(c3ccc(C(C)(C)C)cc3)C2c2cccnc2)ccc1OC(C)C. The molecule has 1 aliphatic rings. The number of nitrogens with zero attached hydrogens (tertiary/aromatic N) is 2. The number of carbonyl (C=O) groups is 2. The minimum atomic E-state index is -0.814. The molecule has 1 aliphatic heterocycles. The topological polar surface area (TPSA) is 79.7 Å². The normalized spacial score (nSPS) is 17.6. The Bertz CT molecular complexity index is 1320. The molecule has 0 radical (unpaired) electrons. The van der Waals surface area contributed by atoms with Crippen molar-refractivity contribution in [2.24, 2.45) is 0 Å². The molecule has 2 aromatic carbocycles. The fraction of sp³-hybridized carbons (Fsp3) is 0.300. The van der Waals surface area contributed by atoms with Crippen LogP contribution in [0.25, 0.3) is 5.76 Å². The highest BCUT2D eigenvalue weighted by Crippen LogP contribution is 2.42. The van der Waals surface area contributed by atoms with Crippen LogP contribution in [0.2, 0.25) is 0 Å². The molecule has 0 aliphatic carbocycles. The molecule has 1 aromatic heterocycles. The average molecular weight is 485 g/mol. The molecule has 4 rings (SSSR count).